The van der Waals surface area contributed by atoms with Crippen molar-refractivity contribution in [1.29, 1.82) is 0 Å². The van der Waals surface area contributed by atoms with Gasteiger partial charge >= 0.3 is 11.9 Å². The number of aliphatic hydroxyl groups excluding tert-OH is 1. The van der Waals surface area contributed by atoms with E-state index >= 15 is 0 Å². The second-order valence-electron chi connectivity index (χ2n) is 5.56. The van der Waals surface area contributed by atoms with Gasteiger partial charge in [0.05, 0.1) is 0 Å². The number of benzene rings is 2. The van der Waals surface area contributed by atoms with E-state index in [9.17, 15) is 24.9 Å². The van der Waals surface area contributed by atoms with Crippen LogP contribution in [0.5, 0.6) is 5.75 Å². The fourth-order valence-electron chi connectivity index (χ4n) is 2.32. The fourth-order valence-corrected chi connectivity index (χ4v) is 2.32. The SMILES string of the molecule is Cc1ccc(O[C@@](C(=O)O)(c2ccc(C)cc2)[C@H](O)C(=O)O)cc1. The van der Waals surface area contributed by atoms with E-state index in [1.54, 1.807) is 31.2 Å². The molecule has 2 aromatic carbocycles. The molecule has 0 bridgehead atoms. The molecule has 0 radical (unpaired) electrons. The predicted molar refractivity (Wildman–Crippen MR) is 85.9 cm³/mol. The van der Waals surface area contributed by atoms with E-state index in [1.165, 1.54) is 24.3 Å². The van der Waals surface area contributed by atoms with Crippen molar-refractivity contribution in [3.63, 3.8) is 0 Å². The third kappa shape index (κ3) is 3.23. The van der Waals surface area contributed by atoms with Crippen LogP contribution < -0.4 is 4.74 Å². The molecule has 6 heteroatoms. The van der Waals surface area contributed by atoms with Gasteiger partial charge in [-0.3, -0.25) is 0 Å². The normalized spacial score (nSPS) is 14.5. The van der Waals surface area contributed by atoms with Gasteiger partial charge in [-0.25, -0.2) is 9.59 Å². The average Bonchev–Trinajstić information content (AvgIpc) is 2.54. The Morgan fingerprint density at radius 1 is 0.917 bits per heavy atom. The molecule has 24 heavy (non-hydrogen) atoms. The van der Waals surface area contributed by atoms with E-state index in [0.717, 1.165) is 11.1 Å². The van der Waals surface area contributed by atoms with E-state index in [0.29, 0.717) is 0 Å². The van der Waals surface area contributed by atoms with Crippen molar-refractivity contribution in [2.75, 3.05) is 0 Å². The molecule has 0 fully saturated rings. The van der Waals surface area contributed by atoms with Gasteiger partial charge in [-0.2, -0.15) is 0 Å². The zero-order valence-electron chi connectivity index (χ0n) is 13.3. The van der Waals surface area contributed by atoms with Crippen LogP contribution in [0.15, 0.2) is 48.5 Å². The summed E-state index contributed by atoms with van der Waals surface area (Å²) >= 11 is 0. The summed E-state index contributed by atoms with van der Waals surface area (Å²) in [6, 6.07) is 12.6. The van der Waals surface area contributed by atoms with Crippen molar-refractivity contribution in [1.82, 2.24) is 0 Å². The average molecular weight is 330 g/mol. The number of ether oxygens (including phenoxy) is 1. The number of aliphatic hydroxyl groups is 1. The van der Waals surface area contributed by atoms with Crippen LogP contribution in [0.25, 0.3) is 0 Å². The van der Waals surface area contributed by atoms with E-state index in [2.05, 4.69) is 0 Å². The smallest absolute Gasteiger partial charge is 0.356 e. The van der Waals surface area contributed by atoms with Crippen molar-refractivity contribution in [2.45, 2.75) is 25.6 Å². The minimum atomic E-state index is -2.46. The Labute approximate surface area is 138 Å². The number of hydrogen-bond acceptors (Lipinski definition) is 4. The lowest BCUT2D eigenvalue weighted by molar-refractivity contribution is -0.180. The lowest BCUT2D eigenvalue weighted by Gasteiger charge is -2.33. The Kier molecular flexibility index (Phi) is 4.90. The number of carbonyl (C=O) groups is 2. The number of carboxylic acid groups (broad SMARTS) is 2. The first-order valence-corrected chi connectivity index (χ1v) is 7.24. The summed E-state index contributed by atoms with van der Waals surface area (Å²) in [5, 5.41) is 29.1. The zero-order chi connectivity index (χ0) is 17.9. The van der Waals surface area contributed by atoms with E-state index < -0.39 is 23.6 Å². The minimum Gasteiger partial charge on any atom is -0.479 e. The van der Waals surface area contributed by atoms with E-state index in [1.807, 2.05) is 6.92 Å². The molecule has 6 nitrogen and oxygen atoms in total. The van der Waals surface area contributed by atoms with E-state index in [-0.39, 0.29) is 11.3 Å². The van der Waals surface area contributed by atoms with Gasteiger partial charge in [-0.15, -0.1) is 0 Å². The van der Waals surface area contributed by atoms with Crippen molar-refractivity contribution < 1.29 is 29.6 Å². The van der Waals surface area contributed by atoms with Crippen LogP contribution in [-0.4, -0.2) is 33.4 Å². The molecule has 0 heterocycles. The molecule has 0 amide bonds. The molecule has 0 unspecified atom stereocenters. The van der Waals surface area contributed by atoms with Crippen molar-refractivity contribution in [3.05, 3.63) is 65.2 Å². The van der Waals surface area contributed by atoms with Crippen LogP contribution in [0.2, 0.25) is 0 Å². The molecule has 0 spiro atoms. The molecule has 0 saturated carbocycles. The van der Waals surface area contributed by atoms with Gasteiger partial charge in [-0.05, 0) is 26.0 Å². The van der Waals surface area contributed by atoms with Gasteiger partial charge in [0.15, 0.2) is 0 Å². The second kappa shape index (κ2) is 6.72. The summed E-state index contributed by atoms with van der Waals surface area (Å²) in [5.74, 6) is -3.14. The monoisotopic (exact) mass is 330 g/mol. The maximum atomic E-state index is 12.0. The van der Waals surface area contributed by atoms with Crippen molar-refractivity contribution >= 4 is 11.9 Å². The predicted octanol–water partition coefficient (Wildman–Crippen LogP) is 2.11. The number of aliphatic carboxylic acids is 2. The molecule has 3 N–H and O–H groups in total. The van der Waals surface area contributed by atoms with Crippen LogP contribution in [0.1, 0.15) is 16.7 Å². The first-order chi connectivity index (χ1) is 11.3. The van der Waals surface area contributed by atoms with Crippen LogP contribution in [0.4, 0.5) is 0 Å². The molecule has 0 aliphatic rings. The first kappa shape index (κ1) is 17.5. The largest absolute Gasteiger partial charge is 0.479 e. The van der Waals surface area contributed by atoms with Gasteiger partial charge in [0.25, 0.3) is 5.60 Å². The van der Waals surface area contributed by atoms with Crippen LogP contribution in [-0.2, 0) is 15.2 Å². The molecule has 0 aromatic heterocycles. The lowest BCUT2D eigenvalue weighted by atomic mass is 9.87. The minimum absolute atomic E-state index is 0.0380. The Morgan fingerprint density at radius 2 is 1.38 bits per heavy atom. The fraction of sp³-hybridized carbons (Fsp3) is 0.222. The Morgan fingerprint density at radius 3 is 1.79 bits per heavy atom. The van der Waals surface area contributed by atoms with Crippen LogP contribution >= 0.6 is 0 Å². The molecule has 2 aromatic rings. The maximum absolute atomic E-state index is 12.0. The summed E-state index contributed by atoms with van der Waals surface area (Å²) in [7, 11) is 0. The first-order valence-electron chi connectivity index (χ1n) is 7.24. The number of rotatable bonds is 6. The van der Waals surface area contributed by atoms with Crippen molar-refractivity contribution in [2.24, 2.45) is 0 Å². The highest BCUT2D eigenvalue weighted by molar-refractivity contribution is 5.89. The lowest BCUT2D eigenvalue weighted by Crippen LogP contribution is -2.54. The molecule has 2 atom stereocenters. The van der Waals surface area contributed by atoms with Gasteiger partial charge in [-0.1, -0.05) is 47.5 Å². The highest BCUT2D eigenvalue weighted by Gasteiger charge is 2.53. The number of carboxylic acids is 2. The van der Waals surface area contributed by atoms with Crippen molar-refractivity contribution in [3.8, 4) is 5.75 Å². The molecule has 0 saturated heterocycles. The molecule has 0 aliphatic heterocycles. The maximum Gasteiger partial charge on any atom is 0.356 e. The topological polar surface area (TPSA) is 104 Å². The van der Waals surface area contributed by atoms with Gasteiger partial charge in [0.1, 0.15) is 5.75 Å². The zero-order valence-corrected chi connectivity index (χ0v) is 13.3. The molecular weight excluding hydrogens is 312 g/mol. The second-order valence-corrected chi connectivity index (χ2v) is 5.56. The van der Waals surface area contributed by atoms with E-state index in [4.69, 9.17) is 4.74 Å². The van der Waals surface area contributed by atoms with Crippen LogP contribution in [0, 0.1) is 13.8 Å². The van der Waals surface area contributed by atoms with Gasteiger partial charge in [0, 0.05) is 5.56 Å². The summed E-state index contributed by atoms with van der Waals surface area (Å²) in [6.07, 6.45) is -2.29. The molecule has 0 aliphatic carbocycles. The molecule has 2 rings (SSSR count). The van der Waals surface area contributed by atoms with Gasteiger partial charge in [0.2, 0.25) is 6.10 Å². The Balaban J connectivity index is 2.61. The summed E-state index contributed by atoms with van der Waals surface area (Å²) in [4.78, 5) is 23.3. The number of hydrogen-bond donors (Lipinski definition) is 3. The molecular formula is C18H18O6. The van der Waals surface area contributed by atoms with Crippen LogP contribution in [0.3, 0.4) is 0 Å². The van der Waals surface area contributed by atoms with Gasteiger partial charge < -0.3 is 20.1 Å². The highest BCUT2D eigenvalue weighted by atomic mass is 16.5. The quantitative estimate of drug-likeness (QED) is 0.749. The summed E-state index contributed by atoms with van der Waals surface area (Å²) in [6.45, 7) is 3.65. The number of aryl methyl sites for hydroxylation is 2. The third-order valence-corrected chi connectivity index (χ3v) is 3.72. The standard InChI is InChI=1S/C18H18O6/c1-11-3-7-13(8-4-11)18(17(22)23,15(19)16(20)21)24-14-9-5-12(2)6-10-14/h3-10,15,19H,1-2H3,(H,20,21)(H,22,23)/t15-,18+/m1/s1. The molecule has 126 valence electrons. The Hall–Kier alpha value is -2.86. The summed E-state index contributed by atoms with van der Waals surface area (Å²) in [5.41, 5.74) is -0.638. The highest BCUT2D eigenvalue weighted by Crippen LogP contribution is 2.33. The third-order valence-electron chi connectivity index (χ3n) is 3.72. The summed E-state index contributed by atoms with van der Waals surface area (Å²) < 4.78 is 5.54. The Bertz CT molecular complexity index is 735.